The van der Waals surface area contributed by atoms with E-state index in [9.17, 15) is 14.9 Å². The van der Waals surface area contributed by atoms with E-state index in [-0.39, 0.29) is 17.7 Å². The van der Waals surface area contributed by atoms with Gasteiger partial charge in [-0.15, -0.1) is 0 Å². The SMILES string of the molecule is CC(C)CN1CCOC(CNC(=O)c2cc([N+](=O)[O-])ccc2N2CCCC2)C1. The number of benzene rings is 1. The van der Waals surface area contributed by atoms with Crippen molar-refractivity contribution >= 4 is 17.3 Å². The van der Waals surface area contributed by atoms with Crippen molar-refractivity contribution in [2.75, 3.05) is 50.8 Å². The summed E-state index contributed by atoms with van der Waals surface area (Å²) in [5.74, 6) is 0.302. The molecule has 1 atom stereocenters. The number of ether oxygens (including phenoxy) is 1. The lowest BCUT2D eigenvalue weighted by atomic mass is 10.1. The molecule has 0 aliphatic carbocycles. The van der Waals surface area contributed by atoms with Crippen LogP contribution in [0.4, 0.5) is 11.4 Å². The molecule has 0 spiro atoms. The molecule has 0 radical (unpaired) electrons. The van der Waals surface area contributed by atoms with Crippen molar-refractivity contribution in [3.8, 4) is 0 Å². The monoisotopic (exact) mass is 390 g/mol. The highest BCUT2D eigenvalue weighted by molar-refractivity contribution is 6.00. The Bertz CT molecular complexity index is 703. The summed E-state index contributed by atoms with van der Waals surface area (Å²) in [5.41, 5.74) is 1.07. The van der Waals surface area contributed by atoms with Crippen molar-refractivity contribution in [3.05, 3.63) is 33.9 Å². The third-order valence-corrected chi connectivity index (χ3v) is 5.22. The van der Waals surface area contributed by atoms with Gasteiger partial charge in [0, 0.05) is 51.4 Å². The van der Waals surface area contributed by atoms with E-state index >= 15 is 0 Å². The second-order valence-corrected chi connectivity index (χ2v) is 8.01. The summed E-state index contributed by atoms with van der Waals surface area (Å²) in [6.07, 6.45) is 2.07. The molecule has 2 saturated heterocycles. The van der Waals surface area contributed by atoms with Crippen molar-refractivity contribution in [2.24, 2.45) is 5.92 Å². The standard InChI is InChI=1S/C20H30N4O4/c1-15(2)13-22-9-10-28-17(14-22)12-21-20(25)18-11-16(24(26)27)5-6-19(18)23-7-3-4-8-23/h5-6,11,15,17H,3-4,7-10,12-14H2,1-2H3,(H,21,25). The predicted octanol–water partition coefficient (Wildman–Crippen LogP) is 2.28. The summed E-state index contributed by atoms with van der Waals surface area (Å²) in [6.45, 7) is 9.88. The molecule has 2 heterocycles. The van der Waals surface area contributed by atoms with Crippen molar-refractivity contribution in [1.29, 1.82) is 0 Å². The number of carbonyl (C=O) groups is 1. The molecule has 0 aromatic heterocycles. The van der Waals surface area contributed by atoms with E-state index in [1.807, 2.05) is 0 Å². The van der Waals surface area contributed by atoms with Crippen LogP contribution < -0.4 is 10.2 Å². The van der Waals surface area contributed by atoms with Gasteiger partial charge < -0.3 is 15.0 Å². The number of non-ortho nitro benzene ring substituents is 1. The smallest absolute Gasteiger partial charge is 0.270 e. The van der Waals surface area contributed by atoms with E-state index in [1.165, 1.54) is 12.1 Å². The van der Waals surface area contributed by atoms with Gasteiger partial charge in [-0.3, -0.25) is 19.8 Å². The first-order valence-corrected chi connectivity index (χ1v) is 10.1. The molecule has 2 aliphatic rings. The van der Waals surface area contributed by atoms with Crippen LogP contribution in [-0.2, 0) is 4.74 Å². The number of anilines is 1. The number of nitrogens with zero attached hydrogens (tertiary/aromatic N) is 3. The lowest BCUT2D eigenvalue weighted by molar-refractivity contribution is -0.384. The Labute approximate surface area is 166 Å². The molecule has 3 rings (SSSR count). The summed E-state index contributed by atoms with van der Waals surface area (Å²) in [4.78, 5) is 28.1. The zero-order chi connectivity index (χ0) is 20.1. The van der Waals surface area contributed by atoms with Crippen molar-refractivity contribution < 1.29 is 14.5 Å². The van der Waals surface area contributed by atoms with Gasteiger partial charge in [-0.05, 0) is 24.8 Å². The second kappa shape index (κ2) is 9.34. The number of hydrogen-bond acceptors (Lipinski definition) is 6. The van der Waals surface area contributed by atoms with E-state index in [1.54, 1.807) is 6.07 Å². The van der Waals surface area contributed by atoms with Crippen LogP contribution >= 0.6 is 0 Å². The minimum absolute atomic E-state index is 0.0645. The van der Waals surface area contributed by atoms with Gasteiger partial charge in [0.25, 0.3) is 11.6 Å². The molecule has 0 bridgehead atoms. The fourth-order valence-corrected chi connectivity index (χ4v) is 3.94. The Balaban J connectivity index is 1.67. The van der Waals surface area contributed by atoms with Gasteiger partial charge in [0.05, 0.1) is 28.9 Å². The molecule has 28 heavy (non-hydrogen) atoms. The first kappa shape index (κ1) is 20.5. The lowest BCUT2D eigenvalue weighted by Crippen LogP contribution is -2.48. The van der Waals surface area contributed by atoms with Crippen LogP contribution in [0.1, 0.15) is 37.0 Å². The first-order chi connectivity index (χ1) is 13.4. The van der Waals surface area contributed by atoms with Gasteiger partial charge in [-0.1, -0.05) is 13.8 Å². The van der Waals surface area contributed by atoms with E-state index < -0.39 is 4.92 Å². The maximum absolute atomic E-state index is 12.9. The first-order valence-electron chi connectivity index (χ1n) is 10.1. The van der Waals surface area contributed by atoms with Crippen LogP contribution in [0, 0.1) is 16.0 Å². The van der Waals surface area contributed by atoms with Crippen molar-refractivity contribution in [3.63, 3.8) is 0 Å². The van der Waals surface area contributed by atoms with E-state index in [0.717, 1.165) is 51.3 Å². The van der Waals surface area contributed by atoms with Crippen molar-refractivity contribution in [2.45, 2.75) is 32.8 Å². The molecule has 2 aliphatic heterocycles. The van der Waals surface area contributed by atoms with E-state index in [0.29, 0.717) is 24.6 Å². The van der Waals surface area contributed by atoms with Gasteiger partial charge in [0.15, 0.2) is 0 Å². The van der Waals surface area contributed by atoms with Crippen LogP contribution in [0.25, 0.3) is 0 Å². The number of nitro groups is 1. The highest BCUT2D eigenvalue weighted by Crippen LogP contribution is 2.28. The number of carbonyl (C=O) groups excluding carboxylic acids is 1. The van der Waals surface area contributed by atoms with Gasteiger partial charge in [-0.25, -0.2) is 0 Å². The summed E-state index contributed by atoms with van der Waals surface area (Å²) in [7, 11) is 0. The molecule has 2 fully saturated rings. The number of amides is 1. The Morgan fingerprint density at radius 1 is 1.32 bits per heavy atom. The number of nitrogens with one attached hydrogen (secondary N) is 1. The summed E-state index contributed by atoms with van der Waals surface area (Å²) in [6, 6.07) is 4.55. The van der Waals surface area contributed by atoms with Crippen LogP contribution in [0.3, 0.4) is 0 Å². The second-order valence-electron chi connectivity index (χ2n) is 8.01. The highest BCUT2D eigenvalue weighted by Gasteiger charge is 2.25. The molecular weight excluding hydrogens is 360 g/mol. The van der Waals surface area contributed by atoms with E-state index in [2.05, 4.69) is 29.0 Å². The molecule has 1 aromatic carbocycles. The van der Waals surface area contributed by atoms with Crippen LogP contribution in [0.5, 0.6) is 0 Å². The van der Waals surface area contributed by atoms with Gasteiger partial charge in [0.2, 0.25) is 0 Å². The van der Waals surface area contributed by atoms with Crippen LogP contribution in [0.2, 0.25) is 0 Å². The number of hydrogen-bond donors (Lipinski definition) is 1. The maximum Gasteiger partial charge on any atom is 0.270 e. The quantitative estimate of drug-likeness (QED) is 0.568. The molecule has 0 saturated carbocycles. The highest BCUT2D eigenvalue weighted by atomic mass is 16.6. The summed E-state index contributed by atoms with van der Waals surface area (Å²) in [5, 5.41) is 14.1. The van der Waals surface area contributed by atoms with Crippen LogP contribution in [0.15, 0.2) is 18.2 Å². The Morgan fingerprint density at radius 2 is 2.07 bits per heavy atom. The summed E-state index contributed by atoms with van der Waals surface area (Å²) >= 11 is 0. The molecule has 8 nitrogen and oxygen atoms in total. The van der Waals surface area contributed by atoms with Gasteiger partial charge in [-0.2, -0.15) is 0 Å². The molecular formula is C20H30N4O4. The topological polar surface area (TPSA) is 87.9 Å². The van der Waals surface area contributed by atoms with Gasteiger partial charge >= 0.3 is 0 Å². The average molecular weight is 390 g/mol. The molecule has 1 amide bonds. The fourth-order valence-electron chi connectivity index (χ4n) is 3.94. The molecule has 8 heteroatoms. The minimum Gasteiger partial charge on any atom is -0.374 e. The third kappa shape index (κ3) is 5.20. The number of nitro benzene ring substituents is 1. The Morgan fingerprint density at radius 3 is 2.75 bits per heavy atom. The Kier molecular flexibility index (Phi) is 6.85. The largest absolute Gasteiger partial charge is 0.374 e. The zero-order valence-electron chi connectivity index (χ0n) is 16.7. The molecule has 1 unspecified atom stereocenters. The maximum atomic E-state index is 12.9. The molecule has 1 N–H and O–H groups in total. The van der Waals surface area contributed by atoms with E-state index in [4.69, 9.17) is 4.74 Å². The van der Waals surface area contributed by atoms with Crippen molar-refractivity contribution in [1.82, 2.24) is 10.2 Å². The lowest BCUT2D eigenvalue weighted by Gasteiger charge is -2.34. The molecule has 154 valence electrons. The predicted molar refractivity (Wildman–Crippen MR) is 108 cm³/mol. The van der Waals surface area contributed by atoms with Crippen LogP contribution in [-0.4, -0.2) is 67.7 Å². The fraction of sp³-hybridized carbons (Fsp3) is 0.650. The Hall–Kier alpha value is -2.19. The molecule has 1 aromatic rings. The van der Waals surface area contributed by atoms with Gasteiger partial charge in [0.1, 0.15) is 0 Å². The average Bonchev–Trinajstić information content (AvgIpc) is 3.20. The number of morpholine rings is 1. The summed E-state index contributed by atoms with van der Waals surface area (Å²) < 4.78 is 5.79. The third-order valence-electron chi connectivity index (χ3n) is 5.22. The zero-order valence-corrected chi connectivity index (χ0v) is 16.7. The minimum atomic E-state index is -0.460. The normalized spacial score (nSPS) is 20.5. The number of rotatable bonds is 7.